The summed E-state index contributed by atoms with van der Waals surface area (Å²) in [6, 6.07) is 13.9. The van der Waals surface area contributed by atoms with Crippen molar-refractivity contribution < 1.29 is 14.6 Å². The van der Waals surface area contributed by atoms with Crippen molar-refractivity contribution in [3.63, 3.8) is 0 Å². The lowest BCUT2D eigenvalue weighted by molar-refractivity contribution is 0.356. The number of aromatic amines is 1. The largest absolute Gasteiger partial charge is 0.493 e. The number of hydrogen-bond acceptors (Lipinski definition) is 5. The Labute approximate surface area is 148 Å². The highest BCUT2D eigenvalue weighted by atomic mass is 35.5. The van der Waals surface area contributed by atoms with E-state index in [0.29, 0.717) is 28.8 Å². The van der Waals surface area contributed by atoms with Crippen LogP contribution in [0.4, 0.5) is 0 Å². The minimum absolute atomic E-state index is 0.288. The van der Waals surface area contributed by atoms with Crippen molar-refractivity contribution >= 4 is 11.6 Å². The molecule has 0 aliphatic heterocycles. The topological polar surface area (TPSA) is 84.4 Å². The standard InChI is InChI=1S/C18H15ClN2O4/c1-24-13-4-2-3-5-14(13)25-16-17(22)20-15(21-18(16)23)10-11-6-8-12(19)9-7-11/h2-9H,10H2,1H3,(H2,20,21,22,23). The van der Waals surface area contributed by atoms with Gasteiger partial charge in [0.05, 0.1) is 7.11 Å². The van der Waals surface area contributed by atoms with Crippen LogP contribution in [0.1, 0.15) is 11.4 Å². The van der Waals surface area contributed by atoms with Crippen molar-refractivity contribution in [3.8, 4) is 23.1 Å². The average Bonchev–Trinajstić information content (AvgIpc) is 2.60. The second-order valence-electron chi connectivity index (χ2n) is 5.22. The van der Waals surface area contributed by atoms with Crippen molar-refractivity contribution in [2.45, 2.75) is 6.42 Å². The molecule has 25 heavy (non-hydrogen) atoms. The van der Waals surface area contributed by atoms with Gasteiger partial charge in [0.2, 0.25) is 0 Å². The zero-order valence-corrected chi connectivity index (χ0v) is 14.1. The SMILES string of the molecule is COc1ccccc1Oc1c(O)nc(Cc2ccc(Cl)cc2)[nH]c1=O. The second-order valence-corrected chi connectivity index (χ2v) is 5.66. The highest BCUT2D eigenvalue weighted by Gasteiger charge is 2.15. The van der Waals surface area contributed by atoms with Crippen LogP contribution in [0.15, 0.2) is 53.3 Å². The predicted octanol–water partition coefficient (Wildman–Crippen LogP) is 3.52. The molecular formula is C18H15ClN2O4. The lowest BCUT2D eigenvalue weighted by atomic mass is 10.1. The number of aromatic nitrogens is 2. The fraction of sp³-hybridized carbons (Fsp3) is 0.111. The van der Waals surface area contributed by atoms with Crippen molar-refractivity contribution in [2.75, 3.05) is 7.11 Å². The monoisotopic (exact) mass is 358 g/mol. The highest BCUT2D eigenvalue weighted by Crippen LogP contribution is 2.32. The van der Waals surface area contributed by atoms with Crippen LogP contribution < -0.4 is 15.0 Å². The zero-order chi connectivity index (χ0) is 17.8. The Morgan fingerprint density at radius 1 is 1.12 bits per heavy atom. The number of halogens is 1. The molecule has 0 saturated carbocycles. The van der Waals surface area contributed by atoms with Gasteiger partial charge < -0.3 is 19.6 Å². The molecule has 1 heterocycles. The van der Waals surface area contributed by atoms with Gasteiger partial charge in [-0.25, -0.2) is 0 Å². The summed E-state index contributed by atoms with van der Waals surface area (Å²) in [5, 5.41) is 10.7. The first kappa shape index (κ1) is 16.9. The Balaban J connectivity index is 1.87. The molecule has 128 valence electrons. The predicted molar refractivity (Wildman–Crippen MR) is 93.8 cm³/mol. The Bertz CT molecular complexity index is 939. The van der Waals surface area contributed by atoms with E-state index in [2.05, 4.69) is 9.97 Å². The molecule has 1 aromatic heterocycles. The molecule has 0 saturated heterocycles. The molecule has 7 heteroatoms. The Kier molecular flexibility index (Phi) is 4.90. The summed E-state index contributed by atoms with van der Waals surface area (Å²) in [5.74, 6) is 0.282. The number of ether oxygens (including phenoxy) is 2. The van der Waals surface area contributed by atoms with E-state index in [-0.39, 0.29) is 5.75 Å². The lowest BCUT2D eigenvalue weighted by Crippen LogP contribution is -2.14. The van der Waals surface area contributed by atoms with Gasteiger partial charge in [0.25, 0.3) is 17.2 Å². The molecule has 0 bridgehead atoms. The number of para-hydroxylation sites is 2. The number of nitrogens with one attached hydrogen (secondary N) is 1. The highest BCUT2D eigenvalue weighted by molar-refractivity contribution is 6.30. The zero-order valence-electron chi connectivity index (χ0n) is 13.3. The van der Waals surface area contributed by atoms with Crippen LogP contribution in [-0.2, 0) is 6.42 Å². The summed E-state index contributed by atoms with van der Waals surface area (Å²) in [7, 11) is 1.49. The first-order valence-corrected chi connectivity index (χ1v) is 7.82. The van der Waals surface area contributed by atoms with Crippen LogP contribution in [0.5, 0.6) is 23.1 Å². The maximum absolute atomic E-state index is 12.3. The fourth-order valence-electron chi connectivity index (χ4n) is 2.28. The van der Waals surface area contributed by atoms with E-state index in [4.69, 9.17) is 21.1 Å². The third-order valence-electron chi connectivity index (χ3n) is 3.47. The summed E-state index contributed by atoms with van der Waals surface area (Å²) in [4.78, 5) is 18.9. The molecule has 0 spiro atoms. The summed E-state index contributed by atoms with van der Waals surface area (Å²) < 4.78 is 10.6. The fourth-order valence-corrected chi connectivity index (χ4v) is 2.41. The van der Waals surface area contributed by atoms with Crippen LogP contribution >= 0.6 is 11.6 Å². The molecule has 3 rings (SSSR count). The summed E-state index contributed by atoms with van der Waals surface area (Å²) in [6.45, 7) is 0. The molecule has 0 amide bonds. The third-order valence-corrected chi connectivity index (χ3v) is 3.73. The number of methoxy groups -OCH3 is 1. The maximum Gasteiger partial charge on any atom is 0.298 e. The second kappa shape index (κ2) is 7.27. The number of hydrogen-bond donors (Lipinski definition) is 2. The lowest BCUT2D eigenvalue weighted by Gasteiger charge is -2.10. The van der Waals surface area contributed by atoms with Crippen LogP contribution in [0.25, 0.3) is 0 Å². The van der Waals surface area contributed by atoms with Crippen LogP contribution in [0.3, 0.4) is 0 Å². The molecular weight excluding hydrogens is 344 g/mol. The molecule has 3 aromatic rings. The normalized spacial score (nSPS) is 10.5. The van der Waals surface area contributed by atoms with E-state index in [1.54, 1.807) is 36.4 Å². The van der Waals surface area contributed by atoms with E-state index in [9.17, 15) is 9.90 Å². The van der Waals surface area contributed by atoms with Gasteiger partial charge in [-0.1, -0.05) is 35.9 Å². The average molecular weight is 359 g/mol. The first-order valence-electron chi connectivity index (χ1n) is 7.44. The van der Waals surface area contributed by atoms with E-state index in [1.807, 2.05) is 12.1 Å². The summed E-state index contributed by atoms with van der Waals surface area (Å²) in [5.41, 5.74) is 0.313. The molecule has 0 fully saturated rings. The molecule has 0 atom stereocenters. The minimum atomic E-state index is -0.581. The van der Waals surface area contributed by atoms with Crippen LogP contribution in [0.2, 0.25) is 5.02 Å². The van der Waals surface area contributed by atoms with Crippen molar-refractivity contribution in [1.82, 2.24) is 9.97 Å². The van der Waals surface area contributed by atoms with Crippen LogP contribution in [-0.4, -0.2) is 22.2 Å². The smallest absolute Gasteiger partial charge is 0.298 e. The molecule has 2 N–H and O–H groups in total. The van der Waals surface area contributed by atoms with Gasteiger partial charge in [-0.15, -0.1) is 0 Å². The van der Waals surface area contributed by atoms with Crippen molar-refractivity contribution in [3.05, 3.63) is 75.3 Å². The van der Waals surface area contributed by atoms with Gasteiger partial charge in [0, 0.05) is 11.4 Å². The molecule has 6 nitrogen and oxygen atoms in total. The number of nitrogens with zero attached hydrogens (tertiary/aromatic N) is 1. The summed E-state index contributed by atoms with van der Waals surface area (Å²) >= 11 is 5.85. The van der Waals surface area contributed by atoms with Crippen molar-refractivity contribution in [2.24, 2.45) is 0 Å². The maximum atomic E-state index is 12.3. The molecule has 0 aliphatic rings. The quantitative estimate of drug-likeness (QED) is 0.729. The van der Waals surface area contributed by atoms with Gasteiger partial charge in [0.1, 0.15) is 5.82 Å². The van der Waals surface area contributed by atoms with E-state index in [1.165, 1.54) is 7.11 Å². The number of rotatable bonds is 5. The Morgan fingerprint density at radius 3 is 2.44 bits per heavy atom. The molecule has 0 radical (unpaired) electrons. The third kappa shape index (κ3) is 3.92. The molecule has 0 unspecified atom stereocenters. The van der Waals surface area contributed by atoms with Gasteiger partial charge in [-0.05, 0) is 29.8 Å². The van der Waals surface area contributed by atoms with Gasteiger partial charge >= 0.3 is 0 Å². The van der Waals surface area contributed by atoms with Crippen molar-refractivity contribution in [1.29, 1.82) is 0 Å². The van der Waals surface area contributed by atoms with E-state index >= 15 is 0 Å². The minimum Gasteiger partial charge on any atom is -0.493 e. The van der Waals surface area contributed by atoms with Gasteiger partial charge in [-0.2, -0.15) is 4.98 Å². The number of benzene rings is 2. The van der Waals surface area contributed by atoms with Gasteiger partial charge in [-0.3, -0.25) is 4.79 Å². The number of aromatic hydroxyl groups is 1. The summed E-state index contributed by atoms with van der Waals surface area (Å²) in [6.07, 6.45) is 0.342. The van der Waals surface area contributed by atoms with Crippen LogP contribution in [0, 0.1) is 0 Å². The van der Waals surface area contributed by atoms with E-state index in [0.717, 1.165) is 5.56 Å². The molecule has 0 aliphatic carbocycles. The first-order chi connectivity index (χ1) is 12.1. The van der Waals surface area contributed by atoms with E-state index < -0.39 is 11.4 Å². The Hall–Kier alpha value is -2.99. The number of H-pyrrole nitrogens is 1. The van der Waals surface area contributed by atoms with Gasteiger partial charge in [0.15, 0.2) is 11.5 Å². The molecule has 2 aromatic carbocycles. The Morgan fingerprint density at radius 2 is 1.80 bits per heavy atom.